The summed E-state index contributed by atoms with van der Waals surface area (Å²) in [4.78, 5) is 8.50. The molecule has 2 aromatic heterocycles. The van der Waals surface area contributed by atoms with Gasteiger partial charge in [-0.1, -0.05) is 30.3 Å². The van der Waals surface area contributed by atoms with Gasteiger partial charge in [-0.15, -0.1) is 0 Å². The second-order valence-corrected chi connectivity index (χ2v) is 6.13. The molecule has 0 spiro atoms. The zero-order chi connectivity index (χ0) is 18.3. The minimum absolute atomic E-state index is 0.391. The number of hydrogen-bond acceptors (Lipinski definition) is 7. The van der Waals surface area contributed by atoms with E-state index in [2.05, 4.69) is 9.97 Å². The summed E-state index contributed by atoms with van der Waals surface area (Å²) < 4.78 is 12.7. The number of aromatic nitrogens is 3. The molecule has 4 rings (SSSR count). The second kappa shape index (κ2) is 6.65. The van der Waals surface area contributed by atoms with Crippen LogP contribution in [0.5, 0.6) is 5.88 Å². The lowest BCUT2D eigenvalue weighted by Crippen LogP contribution is -2.33. The van der Waals surface area contributed by atoms with E-state index in [9.17, 15) is 15.3 Å². The molecule has 1 aliphatic heterocycles. The molecule has 0 unspecified atom stereocenters. The van der Waals surface area contributed by atoms with E-state index in [1.807, 2.05) is 30.3 Å². The van der Waals surface area contributed by atoms with Crippen LogP contribution in [0.1, 0.15) is 6.23 Å². The highest BCUT2D eigenvalue weighted by Crippen LogP contribution is 2.39. The summed E-state index contributed by atoms with van der Waals surface area (Å²) in [6.07, 6.45) is -0.984. The summed E-state index contributed by atoms with van der Waals surface area (Å²) in [5.74, 6) is 0.402. The van der Waals surface area contributed by atoms with Gasteiger partial charge < -0.3 is 29.4 Å². The van der Waals surface area contributed by atoms with E-state index in [0.29, 0.717) is 16.9 Å². The smallest absolute Gasteiger partial charge is 0.226 e. The molecule has 26 heavy (non-hydrogen) atoms. The maximum absolute atomic E-state index is 10.4. The number of aliphatic hydroxyl groups excluding tert-OH is 3. The van der Waals surface area contributed by atoms with Gasteiger partial charge in [0, 0.05) is 11.8 Å². The van der Waals surface area contributed by atoms with E-state index in [4.69, 9.17) is 9.47 Å². The molecule has 1 aliphatic rings. The summed E-state index contributed by atoms with van der Waals surface area (Å²) in [5, 5.41) is 30.5. The zero-order valence-electron chi connectivity index (χ0n) is 14.1. The SMILES string of the molecule is COc1ncnc2c1c(-c1ccccc1)cn2[C@@H]1O[C@H](CO)[C@@H](O)[C@H]1O. The van der Waals surface area contributed by atoms with Crippen molar-refractivity contribution in [3.8, 4) is 17.0 Å². The molecule has 1 fully saturated rings. The highest BCUT2D eigenvalue weighted by atomic mass is 16.6. The third-order valence-electron chi connectivity index (χ3n) is 4.64. The van der Waals surface area contributed by atoms with Crippen molar-refractivity contribution in [3.63, 3.8) is 0 Å². The molecule has 0 radical (unpaired) electrons. The predicted molar refractivity (Wildman–Crippen MR) is 92.5 cm³/mol. The average Bonchev–Trinajstić information content (AvgIpc) is 3.20. The number of aliphatic hydroxyl groups is 3. The fourth-order valence-electron chi connectivity index (χ4n) is 3.35. The molecule has 0 bridgehead atoms. The Bertz CT molecular complexity index is 914. The number of hydrogen-bond donors (Lipinski definition) is 3. The van der Waals surface area contributed by atoms with Crippen LogP contribution in [0.2, 0.25) is 0 Å². The number of ether oxygens (including phenoxy) is 2. The van der Waals surface area contributed by atoms with Crippen LogP contribution >= 0.6 is 0 Å². The molecule has 1 aromatic carbocycles. The summed E-state index contributed by atoms with van der Waals surface area (Å²) in [6.45, 7) is -0.391. The van der Waals surface area contributed by atoms with E-state index >= 15 is 0 Å². The summed E-state index contributed by atoms with van der Waals surface area (Å²) in [7, 11) is 1.53. The van der Waals surface area contributed by atoms with Crippen molar-refractivity contribution in [1.29, 1.82) is 0 Å². The van der Waals surface area contributed by atoms with Crippen LogP contribution in [0.3, 0.4) is 0 Å². The van der Waals surface area contributed by atoms with Crippen molar-refractivity contribution in [2.45, 2.75) is 24.5 Å². The lowest BCUT2D eigenvalue weighted by atomic mass is 10.1. The molecule has 8 heteroatoms. The van der Waals surface area contributed by atoms with Crippen molar-refractivity contribution >= 4 is 11.0 Å². The fourth-order valence-corrected chi connectivity index (χ4v) is 3.35. The van der Waals surface area contributed by atoms with Crippen LogP contribution in [0.25, 0.3) is 22.2 Å². The number of rotatable bonds is 4. The molecule has 3 N–H and O–H groups in total. The Balaban J connectivity index is 1.92. The van der Waals surface area contributed by atoms with Crippen LogP contribution in [-0.4, -0.2) is 61.9 Å². The van der Waals surface area contributed by atoms with Crippen LogP contribution in [-0.2, 0) is 4.74 Å². The Morgan fingerprint density at radius 3 is 2.58 bits per heavy atom. The van der Waals surface area contributed by atoms with Crippen molar-refractivity contribution in [2.24, 2.45) is 0 Å². The minimum Gasteiger partial charge on any atom is -0.480 e. The molecular weight excluding hydrogens is 338 g/mol. The highest BCUT2D eigenvalue weighted by Gasteiger charge is 2.44. The van der Waals surface area contributed by atoms with Crippen molar-refractivity contribution in [1.82, 2.24) is 14.5 Å². The van der Waals surface area contributed by atoms with E-state index in [1.54, 1.807) is 10.8 Å². The van der Waals surface area contributed by atoms with Gasteiger partial charge in [0.2, 0.25) is 5.88 Å². The number of nitrogens with zero attached hydrogens (tertiary/aromatic N) is 3. The normalized spacial score (nSPS) is 25.7. The van der Waals surface area contributed by atoms with E-state index in [1.165, 1.54) is 13.4 Å². The maximum atomic E-state index is 10.4. The number of fused-ring (bicyclic) bond motifs is 1. The Morgan fingerprint density at radius 2 is 1.92 bits per heavy atom. The van der Waals surface area contributed by atoms with E-state index in [0.717, 1.165) is 11.1 Å². The lowest BCUT2D eigenvalue weighted by Gasteiger charge is -2.17. The highest BCUT2D eigenvalue weighted by molar-refractivity contribution is 5.97. The molecular formula is C18H19N3O5. The second-order valence-electron chi connectivity index (χ2n) is 6.13. The van der Waals surface area contributed by atoms with E-state index < -0.39 is 31.1 Å². The third kappa shape index (κ3) is 2.55. The van der Waals surface area contributed by atoms with Gasteiger partial charge in [0.1, 0.15) is 30.3 Å². The molecule has 0 saturated carbocycles. The molecule has 0 aliphatic carbocycles. The van der Waals surface area contributed by atoms with Crippen LogP contribution in [0.15, 0.2) is 42.9 Å². The van der Waals surface area contributed by atoms with Gasteiger partial charge in [0.15, 0.2) is 6.23 Å². The quantitative estimate of drug-likeness (QED) is 0.631. The Morgan fingerprint density at radius 1 is 1.15 bits per heavy atom. The Labute approximate surface area is 149 Å². The first-order valence-electron chi connectivity index (χ1n) is 8.23. The van der Waals surface area contributed by atoms with Gasteiger partial charge >= 0.3 is 0 Å². The zero-order valence-corrected chi connectivity index (χ0v) is 14.1. The van der Waals surface area contributed by atoms with Gasteiger partial charge in [0.25, 0.3) is 0 Å². The van der Waals surface area contributed by atoms with Gasteiger partial charge in [-0.2, -0.15) is 0 Å². The molecule has 3 aromatic rings. The first-order chi connectivity index (χ1) is 12.7. The first-order valence-corrected chi connectivity index (χ1v) is 8.23. The van der Waals surface area contributed by atoms with Crippen molar-refractivity contribution in [3.05, 3.63) is 42.9 Å². The molecule has 3 heterocycles. The summed E-state index contributed by atoms with van der Waals surface area (Å²) in [6, 6.07) is 9.65. The van der Waals surface area contributed by atoms with Gasteiger partial charge in [-0.25, -0.2) is 9.97 Å². The monoisotopic (exact) mass is 357 g/mol. The summed E-state index contributed by atoms with van der Waals surface area (Å²) >= 11 is 0. The third-order valence-corrected chi connectivity index (χ3v) is 4.64. The molecule has 4 atom stereocenters. The van der Waals surface area contributed by atoms with E-state index in [-0.39, 0.29) is 0 Å². The number of benzene rings is 1. The Hall–Kier alpha value is -2.52. The van der Waals surface area contributed by atoms with Crippen LogP contribution in [0.4, 0.5) is 0 Å². The fraction of sp³-hybridized carbons (Fsp3) is 0.333. The topological polar surface area (TPSA) is 110 Å². The molecule has 136 valence electrons. The average molecular weight is 357 g/mol. The minimum atomic E-state index is -1.20. The molecule has 1 saturated heterocycles. The Kier molecular flexibility index (Phi) is 4.33. The molecule has 0 amide bonds. The predicted octanol–water partition coefficient (Wildman–Crippen LogP) is 0.718. The van der Waals surface area contributed by atoms with Gasteiger partial charge in [-0.05, 0) is 5.56 Å². The number of methoxy groups -OCH3 is 1. The molecule has 8 nitrogen and oxygen atoms in total. The maximum Gasteiger partial charge on any atom is 0.226 e. The van der Waals surface area contributed by atoms with Crippen LogP contribution < -0.4 is 4.74 Å². The van der Waals surface area contributed by atoms with Crippen LogP contribution in [0, 0.1) is 0 Å². The standard InChI is InChI=1S/C18H19N3O5/c1-25-17-13-11(10-5-3-2-4-6-10)7-21(16(13)19-9-20-17)18-15(24)14(23)12(8-22)26-18/h2-7,9,12,14-15,18,22-24H,8H2,1H3/t12-,14-,15-,18-/m1/s1. The summed E-state index contributed by atoms with van der Waals surface area (Å²) in [5.41, 5.74) is 2.25. The lowest BCUT2D eigenvalue weighted by molar-refractivity contribution is -0.0508. The van der Waals surface area contributed by atoms with Gasteiger partial charge in [0.05, 0.1) is 19.1 Å². The largest absolute Gasteiger partial charge is 0.480 e. The van der Waals surface area contributed by atoms with Crippen molar-refractivity contribution < 1.29 is 24.8 Å². The first kappa shape index (κ1) is 16.9. The van der Waals surface area contributed by atoms with Crippen molar-refractivity contribution in [2.75, 3.05) is 13.7 Å². The van der Waals surface area contributed by atoms with Gasteiger partial charge in [-0.3, -0.25) is 0 Å².